The topological polar surface area (TPSA) is 136 Å². The molecule has 9 nitrogen and oxygen atoms in total. The van der Waals surface area contributed by atoms with Gasteiger partial charge < -0.3 is 0 Å². The van der Waals surface area contributed by atoms with E-state index in [0.717, 1.165) is 17.2 Å². The second kappa shape index (κ2) is 4.96. The molecule has 1 aromatic heterocycles. The van der Waals surface area contributed by atoms with Crippen LogP contribution in [0.3, 0.4) is 0 Å². The van der Waals surface area contributed by atoms with E-state index in [1.807, 2.05) is 0 Å². The summed E-state index contributed by atoms with van der Waals surface area (Å²) in [6, 6.07) is 1.04. The number of amides is 1. The van der Waals surface area contributed by atoms with E-state index in [2.05, 4.69) is 4.98 Å². The molecule has 0 spiro atoms. The zero-order chi connectivity index (χ0) is 15.1. The minimum Gasteiger partial charge on any atom is -0.290 e. The number of anilines is 1. The third kappa shape index (κ3) is 2.71. The number of hydrogen-bond donors (Lipinski definition) is 1. The second-order valence-electron chi connectivity index (χ2n) is 4.17. The van der Waals surface area contributed by atoms with Crippen LogP contribution >= 0.6 is 11.6 Å². The Morgan fingerprint density at radius 2 is 2.20 bits per heavy atom. The van der Waals surface area contributed by atoms with Gasteiger partial charge in [-0.2, -0.15) is 0 Å². The van der Waals surface area contributed by atoms with E-state index in [1.165, 1.54) is 0 Å². The Morgan fingerprint density at radius 1 is 1.55 bits per heavy atom. The lowest BCUT2D eigenvalue weighted by Gasteiger charge is -2.15. The number of nitrogens with two attached hydrogens (primary N) is 1. The number of primary sulfonamides is 1. The Hall–Kier alpha value is -1.78. The van der Waals surface area contributed by atoms with Crippen molar-refractivity contribution in [3.8, 4) is 0 Å². The van der Waals surface area contributed by atoms with Crippen LogP contribution in [0.15, 0.2) is 12.3 Å². The van der Waals surface area contributed by atoms with E-state index in [-0.39, 0.29) is 23.8 Å². The number of pyridine rings is 1. The fourth-order valence-electron chi connectivity index (χ4n) is 1.86. The maximum atomic E-state index is 11.8. The van der Waals surface area contributed by atoms with Gasteiger partial charge in [-0.05, 0) is 0 Å². The molecule has 1 atom stereocenters. The zero-order valence-electron chi connectivity index (χ0n) is 9.89. The quantitative estimate of drug-likeness (QED) is 0.616. The number of rotatable bonds is 3. The van der Waals surface area contributed by atoms with Gasteiger partial charge in [-0.3, -0.25) is 19.8 Å². The number of aromatic nitrogens is 1. The van der Waals surface area contributed by atoms with Crippen LogP contribution in [0.25, 0.3) is 0 Å². The first-order valence-corrected chi connectivity index (χ1v) is 7.31. The molecule has 1 aliphatic rings. The van der Waals surface area contributed by atoms with E-state index >= 15 is 0 Å². The van der Waals surface area contributed by atoms with Crippen molar-refractivity contribution in [2.24, 2.45) is 5.14 Å². The normalized spacial score (nSPS) is 19.4. The number of hydrogen-bond acceptors (Lipinski definition) is 6. The van der Waals surface area contributed by atoms with Crippen molar-refractivity contribution in [1.29, 1.82) is 0 Å². The molecule has 1 unspecified atom stereocenters. The molecule has 1 fully saturated rings. The lowest BCUT2D eigenvalue weighted by molar-refractivity contribution is -0.384. The first kappa shape index (κ1) is 14.6. The Balaban J connectivity index is 2.43. The van der Waals surface area contributed by atoms with Gasteiger partial charge in [0.25, 0.3) is 0 Å². The molecule has 108 valence electrons. The van der Waals surface area contributed by atoms with Crippen LogP contribution < -0.4 is 10.0 Å². The standard InChI is InChI=1S/C9H9ClN4O5S/c10-5-1-7(14(16)17)9(12-3-5)13-4-6(2-8(13)15)20(11,18)19/h1,3,6H,2,4H2,(H2,11,18,19). The summed E-state index contributed by atoms with van der Waals surface area (Å²) < 4.78 is 22.5. The summed E-state index contributed by atoms with van der Waals surface area (Å²) >= 11 is 5.62. The molecule has 0 saturated carbocycles. The van der Waals surface area contributed by atoms with E-state index in [9.17, 15) is 23.3 Å². The molecule has 0 bridgehead atoms. The molecule has 1 aromatic rings. The fraction of sp³-hybridized carbons (Fsp3) is 0.333. The first-order valence-electron chi connectivity index (χ1n) is 5.32. The lowest BCUT2D eigenvalue weighted by Crippen LogP contribution is -2.32. The zero-order valence-corrected chi connectivity index (χ0v) is 11.5. The number of halogens is 1. The van der Waals surface area contributed by atoms with Gasteiger partial charge in [-0.25, -0.2) is 18.5 Å². The highest BCUT2D eigenvalue weighted by atomic mass is 35.5. The minimum atomic E-state index is -3.90. The van der Waals surface area contributed by atoms with Gasteiger partial charge in [0, 0.05) is 25.2 Å². The van der Waals surface area contributed by atoms with Crippen molar-refractivity contribution in [3.63, 3.8) is 0 Å². The average molecular weight is 321 g/mol. The Labute approximate surface area is 118 Å². The molecule has 11 heteroatoms. The number of sulfonamides is 1. The van der Waals surface area contributed by atoms with E-state index in [4.69, 9.17) is 16.7 Å². The number of nitro groups is 1. The summed E-state index contributed by atoms with van der Waals surface area (Å²) in [7, 11) is -3.90. The van der Waals surface area contributed by atoms with Crippen molar-refractivity contribution in [2.45, 2.75) is 11.7 Å². The summed E-state index contributed by atoms with van der Waals surface area (Å²) in [5, 5.41) is 14.9. The van der Waals surface area contributed by atoms with Gasteiger partial charge in [0.05, 0.1) is 9.95 Å². The van der Waals surface area contributed by atoms with Crippen molar-refractivity contribution in [1.82, 2.24) is 4.98 Å². The third-order valence-electron chi connectivity index (χ3n) is 2.82. The molecule has 1 aliphatic heterocycles. The van der Waals surface area contributed by atoms with Crippen LogP contribution in [0.2, 0.25) is 5.02 Å². The maximum absolute atomic E-state index is 11.8. The third-order valence-corrected chi connectivity index (χ3v) is 4.27. The fourth-order valence-corrected chi connectivity index (χ4v) is 2.75. The predicted molar refractivity (Wildman–Crippen MR) is 69.8 cm³/mol. The SMILES string of the molecule is NS(=O)(=O)C1CC(=O)N(c2ncc(Cl)cc2[N+](=O)[O-])C1. The second-order valence-corrected chi connectivity index (χ2v) is 6.45. The molecular weight excluding hydrogens is 312 g/mol. The molecule has 1 amide bonds. The van der Waals surface area contributed by atoms with Crippen LogP contribution in [-0.4, -0.2) is 36.0 Å². The van der Waals surface area contributed by atoms with Gasteiger partial charge in [-0.1, -0.05) is 11.6 Å². The van der Waals surface area contributed by atoms with Gasteiger partial charge in [0.15, 0.2) is 0 Å². The van der Waals surface area contributed by atoms with E-state index < -0.39 is 31.8 Å². The summed E-state index contributed by atoms with van der Waals surface area (Å²) in [4.78, 5) is 26.7. The van der Waals surface area contributed by atoms with Gasteiger partial charge in [0.2, 0.25) is 21.7 Å². The lowest BCUT2D eigenvalue weighted by atomic mass is 10.3. The van der Waals surface area contributed by atoms with Crippen molar-refractivity contribution in [3.05, 3.63) is 27.4 Å². The van der Waals surface area contributed by atoms with Gasteiger partial charge in [-0.15, -0.1) is 0 Å². The highest BCUT2D eigenvalue weighted by Crippen LogP contribution is 2.32. The largest absolute Gasteiger partial charge is 0.313 e. The molecule has 2 rings (SSSR count). The van der Waals surface area contributed by atoms with Crippen LogP contribution in [0, 0.1) is 10.1 Å². The van der Waals surface area contributed by atoms with Crippen LogP contribution in [0.1, 0.15) is 6.42 Å². The molecule has 20 heavy (non-hydrogen) atoms. The van der Waals surface area contributed by atoms with Crippen molar-refractivity contribution >= 4 is 39.0 Å². The molecule has 1 saturated heterocycles. The van der Waals surface area contributed by atoms with Crippen LogP contribution in [-0.2, 0) is 14.8 Å². The predicted octanol–water partition coefficient (Wildman–Crippen LogP) is 0.0370. The van der Waals surface area contributed by atoms with Gasteiger partial charge >= 0.3 is 5.69 Å². The molecule has 2 N–H and O–H groups in total. The number of carbonyl (C=O) groups is 1. The summed E-state index contributed by atoms with van der Waals surface area (Å²) in [6.45, 7) is -0.271. The monoisotopic (exact) mass is 320 g/mol. The summed E-state index contributed by atoms with van der Waals surface area (Å²) in [5.41, 5.74) is -0.471. The van der Waals surface area contributed by atoms with Crippen molar-refractivity contribution < 1.29 is 18.1 Å². The number of nitrogens with zero attached hydrogens (tertiary/aromatic N) is 3. The average Bonchev–Trinajstić information content (AvgIpc) is 2.71. The van der Waals surface area contributed by atoms with Crippen LogP contribution in [0.5, 0.6) is 0 Å². The van der Waals surface area contributed by atoms with Gasteiger partial charge in [0.1, 0.15) is 5.25 Å². The molecular formula is C9H9ClN4O5S. The summed E-state index contributed by atoms with van der Waals surface area (Å²) in [6.07, 6.45) is 0.807. The first-order chi connectivity index (χ1) is 9.20. The Bertz CT molecular complexity index is 692. The smallest absolute Gasteiger partial charge is 0.290 e. The molecule has 2 heterocycles. The highest BCUT2D eigenvalue weighted by molar-refractivity contribution is 7.89. The summed E-state index contributed by atoms with van der Waals surface area (Å²) in [5.74, 6) is -0.836. The van der Waals surface area contributed by atoms with Crippen LogP contribution in [0.4, 0.5) is 11.5 Å². The maximum Gasteiger partial charge on any atom is 0.313 e. The Kier molecular flexibility index (Phi) is 3.63. The number of carbonyl (C=O) groups excluding carboxylic acids is 1. The molecule has 0 aromatic carbocycles. The van der Waals surface area contributed by atoms with E-state index in [0.29, 0.717) is 0 Å². The van der Waals surface area contributed by atoms with Crippen molar-refractivity contribution in [2.75, 3.05) is 11.4 Å². The molecule has 0 radical (unpaired) electrons. The highest BCUT2D eigenvalue weighted by Gasteiger charge is 2.40. The Morgan fingerprint density at radius 3 is 2.70 bits per heavy atom. The molecule has 0 aliphatic carbocycles. The minimum absolute atomic E-state index is 0.0371. The van der Waals surface area contributed by atoms with E-state index in [1.54, 1.807) is 0 Å².